The molecule has 1 aliphatic heterocycles. The zero-order valence-electron chi connectivity index (χ0n) is 13.7. The first-order valence-electron chi connectivity index (χ1n) is 8.20. The standard InChI is InChI=1S/C20H16N2O3/c1-22-19(24)15-7-3-2-6-14(15)17(20(22)25)16(12-8-9-12)18(23)13-5-4-10-21-11-13/h2-7,10-12H,8-9H2,1H3/b17-16-. The van der Waals surface area contributed by atoms with E-state index in [9.17, 15) is 14.4 Å². The van der Waals surface area contributed by atoms with Gasteiger partial charge >= 0.3 is 0 Å². The summed E-state index contributed by atoms with van der Waals surface area (Å²) in [4.78, 5) is 43.5. The number of hydrogen-bond acceptors (Lipinski definition) is 4. The number of nitrogens with zero attached hydrogens (tertiary/aromatic N) is 2. The maximum Gasteiger partial charge on any atom is 0.261 e. The van der Waals surface area contributed by atoms with Gasteiger partial charge in [-0.05, 0) is 37.0 Å². The van der Waals surface area contributed by atoms with Crippen LogP contribution in [-0.4, -0.2) is 34.5 Å². The number of amides is 2. The van der Waals surface area contributed by atoms with E-state index in [0.29, 0.717) is 27.8 Å². The lowest BCUT2D eigenvalue weighted by Crippen LogP contribution is -2.39. The van der Waals surface area contributed by atoms with E-state index < -0.39 is 5.91 Å². The Bertz CT molecular complexity index is 927. The van der Waals surface area contributed by atoms with Gasteiger partial charge in [-0.1, -0.05) is 18.2 Å². The molecule has 0 unspecified atom stereocenters. The molecule has 0 atom stereocenters. The fourth-order valence-corrected chi connectivity index (χ4v) is 3.23. The highest BCUT2D eigenvalue weighted by molar-refractivity contribution is 6.35. The largest absolute Gasteiger partial charge is 0.289 e. The zero-order valence-corrected chi connectivity index (χ0v) is 13.7. The van der Waals surface area contributed by atoms with Crippen molar-refractivity contribution in [2.45, 2.75) is 12.8 Å². The molecule has 1 aliphatic carbocycles. The van der Waals surface area contributed by atoms with E-state index in [1.807, 2.05) is 0 Å². The second kappa shape index (κ2) is 5.77. The number of ketones is 1. The molecule has 0 N–H and O–H groups in total. The van der Waals surface area contributed by atoms with Crippen LogP contribution in [-0.2, 0) is 4.79 Å². The normalized spacial score (nSPS) is 18.8. The maximum atomic E-state index is 13.1. The van der Waals surface area contributed by atoms with Gasteiger partial charge < -0.3 is 0 Å². The summed E-state index contributed by atoms with van der Waals surface area (Å²) in [7, 11) is 1.46. The number of carbonyl (C=O) groups excluding carboxylic acids is 3. The van der Waals surface area contributed by atoms with E-state index in [1.54, 1.807) is 42.6 Å². The number of rotatable bonds is 3. The monoisotopic (exact) mass is 332 g/mol. The van der Waals surface area contributed by atoms with Crippen molar-refractivity contribution in [1.82, 2.24) is 9.88 Å². The molecule has 1 fully saturated rings. The first-order valence-corrected chi connectivity index (χ1v) is 8.20. The Labute approximate surface area is 145 Å². The van der Waals surface area contributed by atoms with Crippen molar-refractivity contribution in [3.05, 3.63) is 71.1 Å². The van der Waals surface area contributed by atoms with E-state index in [4.69, 9.17) is 0 Å². The Morgan fingerprint density at radius 1 is 1.04 bits per heavy atom. The third-order valence-electron chi connectivity index (χ3n) is 4.67. The van der Waals surface area contributed by atoms with Crippen LogP contribution >= 0.6 is 0 Å². The molecule has 5 heteroatoms. The van der Waals surface area contributed by atoms with Gasteiger partial charge in [0.15, 0.2) is 5.78 Å². The smallest absolute Gasteiger partial charge is 0.261 e. The summed E-state index contributed by atoms with van der Waals surface area (Å²) >= 11 is 0. The molecule has 2 amide bonds. The molecule has 25 heavy (non-hydrogen) atoms. The molecule has 5 nitrogen and oxygen atoms in total. The molecule has 1 aromatic carbocycles. The third kappa shape index (κ3) is 2.48. The maximum absolute atomic E-state index is 13.1. The molecular weight excluding hydrogens is 316 g/mol. The highest BCUT2D eigenvalue weighted by atomic mass is 16.2. The van der Waals surface area contributed by atoms with Crippen molar-refractivity contribution >= 4 is 23.2 Å². The van der Waals surface area contributed by atoms with Gasteiger partial charge in [-0.15, -0.1) is 0 Å². The fourth-order valence-electron chi connectivity index (χ4n) is 3.23. The predicted molar refractivity (Wildman–Crippen MR) is 91.8 cm³/mol. The molecule has 1 aromatic heterocycles. The second-order valence-electron chi connectivity index (χ2n) is 6.35. The van der Waals surface area contributed by atoms with Crippen molar-refractivity contribution in [2.75, 3.05) is 7.05 Å². The lowest BCUT2D eigenvalue weighted by molar-refractivity contribution is -0.121. The molecule has 0 radical (unpaired) electrons. The summed E-state index contributed by atoms with van der Waals surface area (Å²) in [6.45, 7) is 0. The van der Waals surface area contributed by atoms with Gasteiger partial charge in [0, 0.05) is 41.7 Å². The van der Waals surface area contributed by atoms with Gasteiger partial charge in [-0.2, -0.15) is 0 Å². The highest BCUT2D eigenvalue weighted by Gasteiger charge is 2.40. The number of aromatic nitrogens is 1. The SMILES string of the molecule is CN1C(=O)/C(=C(\C(=O)c2cccnc2)C2CC2)c2ccccc2C1=O. The van der Waals surface area contributed by atoms with Crippen LogP contribution in [0.15, 0.2) is 54.4 Å². The summed E-state index contributed by atoms with van der Waals surface area (Å²) in [6.07, 6.45) is 4.86. The topological polar surface area (TPSA) is 67.3 Å². The average molecular weight is 332 g/mol. The van der Waals surface area contributed by atoms with Gasteiger partial charge in [-0.25, -0.2) is 0 Å². The second-order valence-corrected chi connectivity index (χ2v) is 6.35. The summed E-state index contributed by atoms with van der Waals surface area (Å²) in [5, 5.41) is 0. The number of fused-ring (bicyclic) bond motifs is 1. The van der Waals surface area contributed by atoms with Crippen molar-refractivity contribution in [3.8, 4) is 0 Å². The van der Waals surface area contributed by atoms with Gasteiger partial charge in [0.25, 0.3) is 11.8 Å². The van der Waals surface area contributed by atoms with Crippen LogP contribution < -0.4 is 0 Å². The van der Waals surface area contributed by atoms with E-state index in [1.165, 1.54) is 13.2 Å². The average Bonchev–Trinajstić information content (AvgIpc) is 3.48. The number of Topliss-reactive ketones (excluding diaryl/α,β-unsaturated/α-hetero) is 1. The van der Waals surface area contributed by atoms with Crippen LogP contribution in [0.25, 0.3) is 5.57 Å². The number of benzene rings is 1. The Morgan fingerprint density at radius 3 is 2.40 bits per heavy atom. The molecule has 0 bridgehead atoms. The van der Waals surface area contributed by atoms with E-state index >= 15 is 0 Å². The summed E-state index contributed by atoms with van der Waals surface area (Å²) in [5.74, 6) is -0.881. The molecule has 2 aliphatic rings. The van der Waals surface area contributed by atoms with Crippen LogP contribution in [0.1, 0.15) is 39.1 Å². The highest BCUT2D eigenvalue weighted by Crippen LogP contribution is 2.43. The van der Waals surface area contributed by atoms with E-state index in [-0.39, 0.29) is 17.6 Å². The minimum atomic E-state index is -0.414. The number of allylic oxidation sites excluding steroid dienone is 1. The summed E-state index contributed by atoms with van der Waals surface area (Å²) in [5.41, 5.74) is 2.33. The van der Waals surface area contributed by atoms with E-state index in [0.717, 1.165) is 17.7 Å². The quantitative estimate of drug-likeness (QED) is 0.492. The molecule has 2 aromatic rings. The lowest BCUT2D eigenvalue weighted by atomic mass is 9.86. The molecular formula is C20H16N2O3. The van der Waals surface area contributed by atoms with Gasteiger partial charge in [0.05, 0.1) is 5.57 Å². The third-order valence-corrected chi connectivity index (χ3v) is 4.67. The first-order chi connectivity index (χ1) is 12.1. The minimum Gasteiger partial charge on any atom is -0.289 e. The van der Waals surface area contributed by atoms with Crippen LogP contribution in [0.2, 0.25) is 0 Å². The number of pyridine rings is 1. The van der Waals surface area contributed by atoms with Crippen LogP contribution in [0.4, 0.5) is 0 Å². The van der Waals surface area contributed by atoms with Gasteiger partial charge in [-0.3, -0.25) is 24.3 Å². The van der Waals surface area contributed by atoms with Crippen LogP contribution in [0, 0.1) is 5.92 Å². The lowest BCUT2D eigenvalue weighted by Gasteiger charge is -2.27. The molecule has 0 spiro atoms. The zero-order chi connectivity index (χ0) is 17.6. The molecule has 0 saturated heterocycles. The Kier molecular flexibility index (Phi) is 3.57. The number of hydrogen-bond donors (Lipinski definition) is 0. The summed E-state index contributed by atoms with van der Waals surface area (Å²) < 4.78 is 0. The van der Waals surface area contributed by atoms with Crippen molar-refractivity contribution in [3.63, 3.8) is 0 Å². The minimum absolute atomic E-state index is 0.0568. The fraction of sp³-hybridized carbons (Fsp3) is 0.200. The van der Waals surface area contributed by atoms with Crippen molar-refractivity contribution < 1.29 is 14.4 Å². The first kappa shape index (κ1) is 15.4. The van der Waals surface area contributed by atoms with Crippen LogP contribution in [0.3, 0.4) is 0 Å². The predicted octanol–water partition coefficient (Wildman–Crippen LogP) is 2.74. The Balaban J connectivity index is 1.97. The molecule has 1 saturated carbocycles. The Morgan fingerprint density at radius 2 is 1.76 bits per heavy atom. The molecule has 124 valence electrons. The van der Waals surface area contributed by atoms with E-state index in [2.05, 4.69) is 4.98 Å². The molecule has 4 rings (SSSR count). The van der Waals surface area contributed by atoms with Gasteiger partial charge in [0.2, 0.25) is 0 Å². The number of carbonyl (C=O) groups is 3. The molecule has 2 heterocycles. The van der Waals surface area contributed by atoms with Crippen LogP contribution in [0.5, 0.6) is 0 Å². The Hall–Kier alpha value is -3.08. The van der Waals surface area contributed by atoms with Crippen molar-refractivity contribution in [2.24, 2.45) is 5.92 Å². The number of imide groups is 1. The van der Waals surface area contributed by atoms with Crippen molar-refractivity contribution in [1.29, 1.82) is 0 Å². The number of likely N-dealkylation sites (N-methyl/N-ethyl adjacent to an activating group) is 1. The van der Waals surface area contributed by atoms with Gasteiger partial charge in [0.1, 0.15) is 0 Å². The summed E-state index contributed by atoms with van der Waals surface area (Å²) in [6, 6.07) is 10.4.